The molecule has 0 atom stereocenters. The Hall–Kier alpha value is -1.55. The van der Waals surface area contributed by atoms with Crippen LogP contribution in [0.3, 0.4) is 0 Å². The van der Waals surface area contributed by atoms with Crippen molar-refractivity contribution in [2.75, 3.05) is 13.1 Å². The number of urea groups is 1. The smallest absolute Gasteiger partial charge is 0.336 e. The van der Waals surface area contributed by atoms with Crippen molar-refractivity contribution in [3.8, 4) is 0 Å². The quantitative estimate of drug-likeness (QED) is 0.787. The molecule has 1 heterocycles. The molecule has 0 saturated carbocycles. The molecule has 0 radical (unpaired) electrons. The van der Waals surface area contributed by atoms with Crippen LogP contribution in [-0.4, -0.2) is 30.3 Å². The third kappa shape index (κ3) is 2.73. The van der Waals surface area contributed by atoms with Crippen molar-refractivity contribution in [2.24, 2.45) is 5.10 Å². The Labute approximate surface area is 98.9 Å². The second-order valence-electron chi connectivity index (χ2n) is 3.50. The van der Waals surface area contributed by atoms with E-state index >= 15 is 0 Å². The van der Waals surface area contributed by atoms with Crippen LogP contribution < -0.4 is 5.32 Å². The molecule has 1 aromatic carbocycles. The van der Waals surface area contributed by atoms with E-state index in [1.807, 2.05) is 12.1 Å². The van der Waals surface area contributed by atoms with Gasteiger partial charge >= 0.3 is 6.03 Å². The molecule has 5 heteroatoms. The van der Waals surface area contributed by atoms with Crippen molar-refractivity contribution >= 4 is 23.8 Å². The Kier molecular flexibility index (Phi) is 3.41. The van der Waals surface area contributed by atoms with E-state index in [4.69, 9.17) is 11.6 Å². The van der Waals surface area contributed by atoms with Crippen LogP contribution >= 0.6 is 11.6 Å². The minimum absolute atomic E-state index is 0.142. The highest BCUT2D eigenvalue weighted by molar-refractivity contribution is 6.30. The van der Waals surface area contributed by atoms with Crippen molar-refractivity contribution in [1.82, 2.24) is 10.3 Å². The third-order valence-corrected chi connectivity index (χ3v) is 2.53. The molecule has 1 aliphatic heterocycles. The Bertz CT molecular complexity index is 402. The van der Waals surface area contributed by atoms with E-state index in [2.05, 4.69) is 10.4 Å². The normalized spacial score (nSPS) is 16.6. The standard InChI is InChI=1S/C11H12ClN3O/c12-10-4-2-9(3-5-10)8-14-15-7-1-6-13-11(15)16/h2-5,8H,1,6-7H2,(H,13,16)/b14-8+. The molecule has 0 aliphatic carbocycles. The number of nitrogens with zero attached hydrogens (tertiary/aromatic N) is 2. The molecule has 4 nitrogen and oxygen atoms in total. The fourth-order valence-electron chi connectivity index (χ4n) is 1.41. The van der Waals surface area contributed by atoms with Crippen molar-refractivity contribution in [3.63, 3.8) is 0 Å². The van der Waals surface area contributed by atoms with E-state index in [-0.39, 0.29) is 6.03 Å². The fourth-order valence-corrected chi connectivity index (χ4v) is 1.54. The van der Waals surface area contributed by atoms with Gasteiger partial charge in [0.25, 0.3) is 0 Å². The SMILES string of the molecule is O=C1NCCCN1/N=C/c1ccc(Cl)cc1. The minimum Gasteiger partial charge on any atom is -0.336 e. The summed E-state index contributed by atoms with van der Waals surface area (Å²) in [7, 11) is 0. The number of halogens is 1. The summed E-state index contributed by atoms with van der Waals surface area (Å²) < 4.78 is 0. The van der Waals surface area contributed by atoms with Crippen molar-refractivity contribution < 1.29 is 4.79 Å². The molecular weight excluding hydrogens is 226 g/mol. The van der Waals surface area contributed by atoms with Crippen LogP contribution in [0.4, 0.5) is 4.79 Å². The fraction of sp³-hybridized carbons (Fsp3) is 0.273. The highest BCUT2D eigenvalue weighted by Crippen LogP contribution is 2.08. The Morgan fingerprint density at radius 1 is 1.38 bits per heavy atom. The number of carbonyl (C=O) groups is 1. The number of amides is 2. The third-order valence-electron chi connectivity index (χ3n) is 2.27. The Morgan fingerprint density at radius 3 is 2.81 bits per heavy atom. The van der Waals surface area contributed by atoms with Gasteiger partial charge in [0.15, 0.2) is 0 Å². The van der Waals surface area contributed by atoms with E-state index in [1.54, 1.807) is 18.3 Å². The van der Waals surface area contributed by atoms with Gasteiger partial charge in [0.05, 0.1) is 6.21 Å². The average molecular weight is 238 g/mol. The lowest BCUT2D eigenvalue weighted by Gasteiger charge is -2.22. The van der Waals surface area contributed by atoms with Crippen LogP contribution in [0.25, 0.3) is 0 Å². The number of nitrogens with one attached hydrogen (secondary N) is 1. The zero-order valence-electron chi connectivity index (χ0n) is 8.69. The second kappa shape index (κ2) is 4.99. The van der Waals surface area contributed by atoms with Gasteiger partial charge in [-0.25, -0.2) is 9.80 Å². The lowest BCUT2D eigenvalue weighted by Crippen LogP contribution is -2.43. The van der Waals surface area contributed by atoms with Crippen LogP contribution in [0.5, 0.6) is 0 Å². The van der Waals surface area contributed by atoms with Gasteiger partial charge in [-0.15, -0.1) is 0 Å². The van der Waals surface area contributed by atoms with E-state index in [0.717, 1.165) is 18.5 Å². The summed E-state index contributed by atoms with van der Waals surface area (Å²) in [4.78, 5) is 11.3. The first-order valence-corrected chi connectivity index (χ1v) is 5.48. The van der Waals surface area contributed by atoms with Gasteiger partial charge in [0.2, 0.25) is 0 Å². The predicted octanol–water partition coefficient (Wildman–Crippen LogP) is 2.09. The zero-order chi connectivity index (χ0) is 11.4. The van der Waals surface area contributed by atoms with Crippen molar-refractivity contribution in [3.05, 3.63) is 34.9 Å². The van der Waals surface area contributed by atoms with Crippen LogP contribution in [-0.2, 0) is 0 Å². The summed E-state index contributed by atoms with van der Waals surface area (Å²) in [6, 6.07) is 7.15. The van der Waals surface area contributed by atoms with E-state index in [1.165, 1.54) is 5.01 Å². The lowest BCUT2D eigenvalue weighted by molar-refractivity contribution is 0.189. The van der Waals surface area contributed by atoms with E-state index in [0.29, 0.717) is 11.6 Å². The van der Waals surface area contributed by atoms with Crippen LogP contribution in [0.2, 0.25) is 5.02 Å². The predicted molar refractivity (Wildman–Crippen MR) is 63.8 cm³/mol. The van der Waals surface area contributed by atoms with Crippen molar-refractivity contribution in [2.45, 2.75) is 6.42 Å². The summed E-state index contributed by atoms with van der Waals surface area (Å²) in [6.07, 6.45) is 2.57. The highest BCUT2D eigenvalue weighted by atomic mass is 35.5. The summed E-state index contributed by atoms with van der Waals surface area (Å²) in [6.45, 7) is 1.39. The maximum Gasteiger partial charge on any atom is 0.337 e. The molecule has 0 bridgehead atoms. The Morgan fingerprint density at radius 2 is 2.12 bits per heavy atom. The minimum atomic E-state index is -0.142. The second-order valence-corrected chi connectivity index (χ2v) is 3.94. The maximum absolute atomic E-state index is 11.3. The van der Waals surface area contributed by atoms with Gasteiger partial charge in [-0.3, -0.25) is 0 Å². The molecule has 1 N–H and O–H groups in total. The van der Waals surface area contributed by atoms with Gasteiger partial charge in [-0.05, 0) is 24.1 Å². The molecule has 1 fully saturated rings. The van der Waals surface area contributed by atoms with Gasteiger partial charge < -0.3 is 5.32 Å². The number of hydrogen-bond donors (Lipinski definition) is 1. The van der Waals surface area contributed by atoms with Gasteiger partial charge in [-0.2, -0.15) is 5.10 Å². The molecule has 2 rings (SSSR count). The molecule has 2 amide bonds. The van der Waals surface area contributed by atoms with E-state index < -0.39 is 0 Å². The first-order chi connectivity index (χ1) is 7.75. The molecular formula is C11H12ClN3O. The summed E-state index contributed by atoms with van der Waals surface area (Å²) >= 11 is 5.76. The van der Waals surface area contributed by atoms with Crippen molar-refractivity contribution in [1.29, 1.82) is 0 Å². The van der Waals surface area contributed by atoms with Gasteiger partial charge in [0.1, 0.15) is 0 Å². The summed E-state index contributed by atoms with van der Waals surface area (Å²) in [5, 5.41) is 8.96. The Balaban J connectivity index is 2.02. The molecule has 0 unspecified atom stereocenters. The summed E-state index contributed by atoms with van der Waals surface area (Å²) in [5.74, 6) is 0. The molecule has 16 heavy (non-hydrogen) atoms. The monoisotopic (exact) mass is 237 g/mol. The molecule has 1 aliphatic rings. The van der Waals surface area contributed by atoms with E-state index in [9.17, 15) is 4.79 Å². The number of hydrogen-bond acceptors (Lipinski definition) is 2. The number of benzene rings is 1. The number of rotatable bonds is 2. The van der Waals surface area contributed by atoms with Crippen LogP contribution in [0.15, 0.2) is 29.4 Å². The highest BCUT2D eigenvalue weighted by Gasteiger charge is 2.15. The molecule has 0 spiro atoms. The van der Waals surface area contributed by atoms with Crippen LogP contribution in [0, 0.1) is 0 Å². The zero-order valence-corrected chi connectivity index (χ0v) is 9.44. The average Bonchev–Trinajstić information content (AvgIpc) is 2.30. The largest absolute Gasteiger partial charge is 0.337 e. The lowest BCUT2D eigenvalue weighted by atomic mass is 10.2. The molecule has 1 saturated heterocycles. The topological polar surface area (TPSA) is 44.7 Å². The molecule has 1 aromatic rings. The first-order valence-electron chi connectivity index (χ1n) is 5.10. The number of carbonyl (C=O) groups excluding carboxylic acids is 1. The molecule has 84 valence electrons. The van der Waals surface area contributed by atoms with Crippen LogP contribution in [0.1, 0.15) is 12.0 Å². The van der Waals surface area contributed by atoms with Gasteiger partial charge in [-0.1, -0.05) is 23.7 Å². The first kappa shape index (κ1) is 11.0. The van der Waals surface area contributed by atoms with Gasteiger partial charge in [0, 0.05) is 18.1 Å². The maximum atomic E-state index is 11.3. The summed E-state index contributed by atoms with van der Waals surface area (Å²) in [5.41, 5.74) is 0.919. The number of hydrazone groups is 1. The molecule has 0 aromatic heterocycles.